The van der Waals surface area contributed by atoms with Crippen LogP contribution >= 0.6 is 34.5 Å². The quantitative estimate of drug-likeness (QED) is 0.705. The van der Waals surface area contributed by atoms with Crippen LogP contribution in [0.5, 0.6) is 5.75 Å². The molecule has 0 aliphatic heterocycles. The van der Waals surface area contributed by atoms with Gasteiger partial charge in [-0.15, -0.1) is 11.3 Å². The molecule has 0 saturated carbocycles. The average Bonchev–Trinajstić information content (AvgIpc) is 2.89. The Balaban J connectivity index is 1.88. The van der Waals surface area contributed by atoms with E-state index in [0.29, 0.717) is 28.9 Å². The normalized spacial score (nSPS) is 11.0. The molecule has 0 radical (unpaired) electrons. The minimum absolute atomic E-state index is 0.333. The lowest BCUT2D eigenvalue weighted by molar-refractivity contribution is 0.305. The second kappa shape index (κ2) is 6.24. The molecule has 2 aromatic carbocycles. The first kappa shape index (κ1) is 14.7. The number of ether oxygens (including phenoxy) is 1. The monoisotopic (exact) mass is 337 g/mol. The maximum Gasteiger partial charge on any atom is 0.142 e. The highest BCUT2D eigenvalue weighted by molar-refractivity contribution is 7.17. The van der Waals surface area contributed by atoms with Crippen LogP contribution in [-0.2, 0) is 13.2 Å². The van der Waals surface area contributed by atoms with Gasteiger partial charge in [-0.2, -0.15) is 0 Å². The van der Waals surface area contributed by atoms with Crippen molar-refractivity contribution >= 4 is 44.6 Å². The van der Waals surface area contributed by atoms with Gasteiger partial charge in [-0.3, -0.25) is 0 Å². The number of hydrogen-bond donors (Lipinski definition) is 1. The summed E-state index contributed by atoms with van der Waals surface area (Å²) in [6.07, 6.45) is 0. The molecule has 0 aliphatic rings. The third-order valence-electron chi connectivity index (χ3n) is 3.24. The fourth-order valence-corrected chi connectivity index (χ4v) is 3.76. The third-order valence-corrected chi connectivity index (χ3v) is 4.75. The molecule has 2 nitrogen and oxygen atoms in total. The second-order valence-electron chi connectivity index (χ2n) is 4.63. The zero-order valence-corrected chi connectivity index (χ0v) is 13.4. The van der Waals surface area contributed by atoms with E-state index in [1.54, 1.807) is 23.5 Å². The maximum atomic E-state index is 6.21. The molecule has 5 heteroatoms. The molecule has 0 unspecified atom stereocenters. The van der Waals surface area contributed by atoms with Gasteiger partial charge in [-0.05, 0) is 29.0 Å². The predicted octanol–water partition coefficient (Wildman–Crippen LogP) is 5.25. The van der Waals surface area contributed by atoms with Crippen LogP contribution in [0.4, 0.5) is 0 Å². The number of thiophene rings is 1. The van der Waals surface area contributed by atoms with Crippen LogP contribution in [0.15, 0.2) is 41.8 Å². The minimum atomic E-state index is 0.333. The molecule has 0 amide bonds. The van der Waals surface area contributed by atoms with Crippen molar-refractivity contribution in [2.75, 3.05) is 0 Å². The summed E-state index contributed by atoms with van der Waals surface area (Å²) in [7, 11) is 0. The van der Waals surface area contributed by atoms with Crippen molar-refractivity contribution in [1.29, 1.82) is 0 Å². The molecule has 0 bridgehead atoms. The number of fused-ring (bicyclic) bond motifs is 1. The largest absolute Gasteiger partial charge is 0.487 e. The Kier molecular flexibility index (Phi) is 4.36. The van der Waals surface area contributed by atoms with E-state index in [4.69, 9.17) is 33.7 Å². The van der Waals surface area contributed by atoms with Gasteiger partial charge in [0.25, 0.3) is 0 Å². The number of benzene rings is 2. The smallest absolute Gasteiger partial charge is 0.142 e. The Morgan fingerprint density at radius 1 is 1.10 bits per heavy atom. The molecular formula is C16H13Cl2NOS. The molecule has 2 N–H and O–H groups in total. The molecule has 0 fully saturated rings. The van der Waals surface area contributed by atoms with Gasteiger partial charge in [0.1, 0.15) is 12.4 Å². The highest BCUT2D eigenvalue weighted by Crippen LogP contribution is 2.34. The molecule has 1 aromatic heterocycles. The first-order valence-corrected chi connectivity index (χ1v) is 8.08. The molecule has 0 atom stereocenters. The Morgan fingerprint density at radius 2 is 1.90 bits per heavy atom. The summed E-state index contributed by atoms with van der Waals surface area (Å²) < 4.78 is 7.15. The van der Waals surface area contributed by atoms with E-state index in [2.05, 4.69) is 17.5 Å². The van der Waals surface area contributed by atoms with Crippen LogP contribution < -0.4 is 10.5 Å². The van der Waals surface area contributed by atoms with E-state index in [1.165, 1.54) is 10.1 Å². The van der Waals surface area contributed by atoms with E-state index >= 15 is 0 Å². The van der Waals surface area contributed by atoms with Crippen molar-refractivity contribution in [3.05, 3.63) is 63.0 Å². The highest BCUT2D eigenvalue weighted by Gasteiger charge is 2.11. The van der Waals surface area contributed by atoms with E-state index < -0.39 is 0 Å². The summed E-state index contributed by atoms with van der Waals surface area (Å²) in [6, 6.07) is 11.7. The molecule has 3 aromatic rings. The molecule has 21 heavy (non-hydrogen) atoms. The number of hydrogen-bond acceptors (Lipinski definition) is 3. The van der Waals surface area contributed by atoms with E-state index in [9.17, 15) is 0 Å². The van der Waals surface area contributed by atoms with Crippen molar-refractivity contribution in [3.8, 4) is 5.75 Å². The van der Waals surface area contributed by atoms with Crippen molar-refractivity contribution in [3.63, 3.8) is 0 Å². The zero-order chi connectivity index (χ0) is 14.8. The molecule has 0 saturated heterocycles. The topological polar surface area (TPSA) is 35.2 Å². The Bertz CT molecular complexity index is 785. The summed E-state index contributed by atoms with van der Waals surface area (Å²) >= 11 is 13.9. The highest BCUT2D eigenvalue weighted by atomic mass is 35.5. The average molecular weight is 338 g/mol. The van der Waals surface area contributed by atoms with E-state index in [1.807, 2.05) is 12.1 Å². The SMILES string of the molecule is NCc1cc(Cl)cc(Cl)c1OCc1csc2ccccc12. The first-order chi connectivity index (χ1) is 10.2. The van der Waals surface area contributed by atoms with Crippen LogP contribution in [0.3, 0.4) is 0 Å². The molecule has 1 heterocycles. The molecule has 0 aliphatic carbocycles. The fraction of sp³-hybridized carbons (Fsp3) is 0.125. The zero-order valence-electron chi connectivity index (χ0n) is 11.1. The van der Waals surface area contributed by atoms with Gasteiger partial charge in [0.05, 0.1) is 5.02 Å². The van der Waals surface area contributed by atoms with Gasteiger partial charge in [0, 0.05) is 27.4 Å². The van der Waals surface area contributed by atoms with Crippen LogP contribution in [0.25, 0.3) is 10.1 Å². The van der Waals surface area contributed by atoms with Crippen molar-refractivity contribution < 1.29 is 4.74 Å². The van der Waals surface area contributed by atoms with Gasteiger partial charge in [0.2, 0.25) is 0 Å². The number of nitrogens with two attached hydrogens (primary N) is 1. The molecule has 3 rings (SSSR count). The lowest BCUT2D eigenvalue weighted by Crippen LogP contribution is -2.03. The second-order valence-corrected chi connectivity index (χ2v) is 6.38. The Morgan fingerprint density at radius 3 is 2.71 bits per heavy atom. The van der Waals surface area contributed by atoms with E-state index in [-0.39, 0.29) is 0 Å². The molecule has 0 spiro atoms. The lowest BCUT2D eigenvalue weighted by Gasteiger charge is -2.12. The summed E-state index contributed by atoms with van der Waals surface area (Å²) in [5.41, 5.74) is 7.69. The summed E-state index contributed by atoms with van der Waals surface area (Å²) in [5.74, 6) is 0.610. The van der Waals surface area contributed by atoms with Crippen molar-refractivity contribution in [2.45, 2.75) is 13.2 Å². The minimum Gasteiger partial charge on any atom is -0.487 e. The number of halogens is 2. The Hall–Kier alpha value is -1.26. The third kappa shape index (κ3) is 3.01. The van der Waals surface area contributed by atoms with Crippen LogP contribution in [-0.4, -0.2) is 0 Å². The summed E-state index contributed by atoms with van der Waals surface area (Å²) in [5, 5.41) is 4.37. The molecular weight excluding hydrogens is 325 g/mol. The van der Waals surface area contributed by atoms with Crippen molar-refractivity contribution in [1.82, 2.24) is 0 Å². The van der Waals surface area contributed by atoms with Crippen LogP contribution in [0.1, 0.15) is 11.1 Å². The van der Waals surface area contributed by atoms with Gasteiger partial charge in [0.15, 0.2) is 0 Å². The van der Waals surface area contributed by atoms with Gasteiger partial charge >= 0.3 is 0 Å². The lowest BCUT2D eigenvalue weighted by atomic mass is 10.2. The van der Waals surface area contributed by atoms with Crippen LogP contribution in [0.2, 0.25) is 10.0 Å². The number of rotatable bonds is 4. The predicted molar refractivity (Wildman–Crippen MR) is 90.5 cm³/mol. The van der Waals surface area contributed by atoms with Gasteiger partial charge in [-0.25, -0.2) is 0 Å². The molecule has 108 valence electrons. The fourth-order valence-electron chi connectivity index (χ4n) is 2.22. The van der Waals surface area contributed by atoms with Gasteiger partial charge < -0.3 is 10.5 Å². The Labute approximate surface area is 137 Å². The summed E-state index contributed by atoms with van der Waals surface area (Å²) in [6.45, 7) is 0.790. The van der Waals surface area contributed by atoms with Crippen LogP contribution in [0, 0.1) is 0 Å². The van der Waals surface area contributed by atoms with E-state index in [0.717, 1.165) is 11.1 Å². The standard InChI is InChI=1S/C16H13Cl2NOS/c17-12-5-10(7-19)16(14(18)6-12)20-8-11-9-21-15-4-2-1-3-13(11)15/h1-6,9H,7-8,19H2. The van der Waals surface area contributed by atoms with Crippen molar-refractivity contribution in [2.24, 2.45) is 5.73 Å². The maximum absolute atomic E-state index is 6.21. The summed E-state index contributed by atoms with van der Waals surface area (Å²) in [4.78, 5) is 0. The first-order valence-electron chi connectivity index (χ1n) is 6.45. The van der Waals surface area contributed by atoms with Gasteiger partial charge in [-0.1, -0.05) is 41.4 Å².